The molecule has 345 valence electrons. The van der Waals surface area contributed by atoms with Crippen LogP contribution >= 0.6 is 0 Å². The molecule has 68 heavy (non-hydrogen) atoms. The molecule has 6 aromatic carbocycles. The monoisotopic (exact) mass is 1130 g/mol. The Bertz CT molecular complexity index is 3320. The summed E-state index contributed by atoms with van der Waals surface area (Å²) in [6.07, 6.45) is 3.27. The van der Waals surface area contributed by atoms with Gasteiger partial charge >= 0.3 is 126 Å². The maximum absolute atomic E-state index is 6.58. The van der Waals surface area contributed by atoms with E-state index in [2.05, 4.69) is 192 Å². The Hall–Kier alpha value is -5.92. The fraction of sp³-hybridized carbons (Fsp3) is 0.230. The molecule has 0 saturated heterocycles. The number of nitrogens with zero attached hydrogens (tertiary/aromatic N) is 4. The van der Waals surface area contributed by atoms with Gasteiger partial charge in [0.15, 0.2) is 0 Å². The Morgan fingerprint density at radius 3 is 1.91 bits per heavy atom. The molecule has 5 nitrogen and oxygen atoms in total. The minimum absolute atomic E-state index is 0. The van der Waals surface area contributed by atoms with E-state index in [0.717, 1.165) is 84.7 Å². The quantitative estimate of drug-likeness (QED) is 0.101. The minimum atomic E-state index is -1.86. The number of aryl methyl sites for hydroxylation is 1. The zero-order valence-corrected chi connectivity index (χ0v) is 45.4. The van der Waals surface area contributed by atoms with Crippen LogP contribution in [-0.4, -0.2) is 32.8 Å². The molecule has 0 aliphatic rings. The van der Waals surface area contributed by atoms with Crippen molar-refractivity contribution in [2.45, 2.75) is 84.0 Å². The molecule has 0 bridgehead atoms. The number of rotatable bonds is 10. The molecule has 4 aromatic heterocycles. The fourth-order valence-corrected chi connectivity index (χ4v) is 12.7. The Labute approximate surface area is 418 Å². The predicted octanol–water partition coefficient (Wildman–Crippen LogP) is 16.0. The number of benzene rings is 6. The molecular formula is C61H60GeIrN4O-2. The molecule has 10 rings (SSSR count). The molecule has 4 heterocycles. The molecule has 0 spiro atoms. The molecule has 0 fully saturated rings. The Balaban J connectivity index is 0.000000251. The van der Waals surface area contributed by atoms with Gasteiger partial charge in [-0.1, -0.05) is 118 Å². The Morgan fingerprint density at radius 2 is 1.28 bits per heavy atom. The topological polar surface area (TPSA) is 56.7 Å². The van der Waals surface area contributed by atoms with Gasteiger partial charge < -0.3 is 8.98 Å². The maximum Gasteiger partial charge on any atom is 0.120 e. The summed E-state index contributed by atoms with van der Waals surface area (Å²) in [4.78, 5) is 15.3. The van der Waals surface area contributed by atoms with E-state index in [-0.39, 0.29) is 31.9 Å². The molecular weight excluding hydrogens is 1070 g/mol. The number of pyridine rings is 2. The van der Waals surface area contributed by atoms with Crippen LogP contribution in [0.25, 0.3) is 83.7 Å². The first kappa shape index (κ1) is 48.5. The summed E-state index contributed by atoms with van der Waals surface area (Å²) in [6.45, 7) is 15.8. The van der Waals surface area contributed by atoms with Gasteiger partial charge in [-0.2, -0.15) is 0 Å². The van der Waals surface area contributed by atoms with Crippen molar-refractivity contribution in [1.29, 1.82) is 0 Å². The maximum atomic E-state index is 6.58. The molecule has 0 aliphatic heterocycles. The van der Waals surface area contributed by atoms with Crippen LogP contribution in [0, 0.1) is 25.0 Å². The third-order valence-corrected chi connectivity index (χ3v) is 16.9. The summed E-state index contributed by atoms with van der Waals surface area (Å²) in [6, 6.07) is 57.4. The van der Waals surface area contributed by atoms with Gasteiger partial charge in [-0.25, -0.2) is 0 Å². The molecule has 1 radical (unpaired) electrons. The van der Waals surface area contributed by atoms with E-state index in [1.54, 1.807) is 4.40 Å². The van der Waals surface area contributed by atoms with Crippen molar-refractivity contribution in [3.05, 3.63) is 186 Å². The predicted molar refractivity (Wildman–Crippen MR) is 284 cm³/mol. The number of hydrogen-bond donors (Lipinski definition) is 0. The number of imidazole rings is 1. The molecule has 0 amide bonds. The summed E-state index contributed by atoms with van der Waals surface area (Å²) in [7, 11) is 0. The Morgan fingerprint density at radius 1 is 0.632 bits per heavy atom. The minimum Gasteiger partial charge on any atom is -0.501 e. The molecule has 0 saturated carbocycles. The first-order valence-electron chi connectivity index (χ1n) is 23.7. The summed E-state index contributed by atoms with van der Waals surface area (Å²) in [5, 5.41) is 2.14. The van der Waals surface area contributed by atoms with Gasteiger partial charge in [-0.3, -0.25) is 9.97 Å². The smallest absolute Gasteiger partial charge is 0.120 e. The fourth-order valence-electron chi connectivity index (χ4n) is 9.38. The van der Waals surface area contributed by atoms with E-state index in [4.69, 9.17) is 19.4 Å². The van der Waals surface area contributed by atoms with Gasteiger partial charge in [-0.15, -0.1) is 18.2 Å². The van der Waals surface area contributed by atoms with Crippen molar-refractivity contribution >= 4 is 50.6 Å². The average Bonchev–Trinajstić information content (AvgIpc) is 3.91. The van der Waals surface area contributed by atoms with Crippen molar-refractivity contribution in [2.24, 2.45) is 5.92 Å². The zero-order chi connectivity index (χ0) is 47.0. The molecule has 0 atom stereocenters. The van der Waals surface area contributed by atoms with Crippen molar-refractivity contribution in [3.8, 4) is 50.7 Å². The number of aromatic nitrogens is 4. The van der Waals surface area contributed by atoms with Crippen LogP contribution in [-0.2, 0) is 26.5 Å². The van der Waals surface area contributed by atoms with Crippen LogP contribution in [0.4, 0.5) is 0 Å². The largest absolute Gasteiger partial charge is 0.501 e. The van der Waals surface area contributed by atoms with Crippen molar-refractivity contribution < 1.29 is 24.5 Å². The summed E-state index contributed by atoms with van der Waals surface area (Å²) < 4.78 is 10.5. The van der Waals surface area contributed by atoms with Crippen molar-refractivity contribution in [1.82, 2.24) is 19.5 Å². The van der Waals surface area contributed by atoms with Crippen molar-refractivity contribution in [3.63, 3.8) is 0 Å². The third-order valence-electron chi connectivity index (χ3n) is 12.6. The van der Waals surface area contributed by atoms with Crippen LogP contribution in [0.3, 0.4) is 0 Å². The zero-order valence-electron chi connectivity index (χ0n) is 40.9. The number of furan rings is 1. The van der Waals surface area contributed by atoms with Crippen molar-refractivity contribution in [2.75, 3.05) is 0 Å². The first-order chi connectivity index (χ1) is 32.3. The van der Waals surface area contributed by atoms with E-state index in [1.165, 1.54) is 27.8 Å². The Kier molecular flexibility index (Phi) is 14.5. The molecule has 0 unspecified atom stereocenters. The van der Waals surface area contributed by atoms with Crippen LogP contribution in [0.2, 0.25) is 17.3 Å². The SMILES string of the molecule is CC(C)Cc1cc(-c2[c-]cccc2)nc[c]1[Ge]([CH3])([CH3])[CH3].Cc1nc(-c2ccccc2)cc2nc(-c3[c-]ccc4c3oc3ccccc34)n(-c3c(C(C)C)cc(-c4ccccc4)cc3C(C)C)c12.[Ir]. The van der Waals surface area contributed by atoms with Crippen LogP contribution in [0.1, 0.15) is 75.8 Å². The molecule has 7 heteroatoms. The summed E-state index contributed by atoms with van der Waals surface area (Å²) in [5.41, 5.74) is 17.0. The van der Waals surface area contributed by atoms with E-state index < -0.39 is 13.3 Å². The number of fused-ring (bicyclic) bond motifs is 4. The second-order valence-electron chi connectivity index (χ2n) is 19.8. The summed E-state index contributed by atoms with van der Waals surface area (Å²) in [5.74, 6) is 9.29. The van der Waals surface area contributed by atoms with Gasteiger partial charge in [0.25, 0.3) is 0 Å². The van der Waals surface area contributed by atoms with Gasteiger partial charge in [-0.05, 0) is 65.3 Å². The number of hydrogen-bond acceptors (Lipinski definition) is 4. The normalized spacial score (nSPS) is 11.7. The standard InChI is InChI=1S/C43H36N3O.C18H24GeN.Ir/c1-26(2)35-23-31(29-15-8-6-9-16-29)24-36(27(3)4)41(35)46-40-28(5)44-37(30-17-10-7-11-18-30)25-38(40)45-43(46)34-21-14-20-33-32-19-12-13-22-39(32)47-42(33)34;1-14(2)11-16-12-18(15-9-7-6-8-10-15)20-13-17(16)19(3,4)5;/h6-20,22-27H,1-5H3;6-9,12-14H,11H2,1-5H3;/q2*-1;. The van der Waals surface area contributed by atoms with E-state index in [9.17, 15) is 0 Å². The second kappa shape index (κ2) is 20.4. The van der Waals surface area contributed by atoms with Gasteiger partial charge in [0.2, 0.25) is 0 Å². The third kappa shape index (κ3) is 9.83. The summed E-state index contributed by atoms with van der Waals surface area (Å²) >= 11 is -1.86. The van der Waals surface area contributed by atoms with E-state index >= 15 is 0 Å². The molecule has 0 aliphatic carbocycles. The van der Waals surface area contributed by atoms with Gasteiger partial charge in [0.1, 0.15) is 5.58 Å². The average molecular weight is 1130 g/mol. The molecule has 0 N–H and O–H groups in total. The van der Waals surface area contributed by atoms with E-state index in [0.29, 0.717) is 5.92 Å². The first-order valence-corrected chi connectivity index (χ1v) is 31.1. The van der Waals surface area contributed by atoms with Crippen LogP contribution in [0.5, 0.6) is 0 Å². The number of para-hydroxylation sites is 1. The molecule has 10 aromatic rings. The van der Waals surface area contributed by atoms with Gasteiger partial charge in [0.05, 0.1) is 33.8 Å². The van der Waals surface area contributed by atoms with E-state index in [1.807, 2.05) is 42.5 Å². The second-order valence-corrected chi connectivity index (χ2v) is 30.4. The van der Waals surface area contributed by atoms with Crippen LogP contribution in [0.15, 0.2) is 156 Å². The van der Waals surface area contributed by atoms with Crippen LogP contribution < -0.4 is 4.40 Å². The van der Waals surface area contributed by atoms with Gasteiger partial charge in [0, 0.05) is 36.7 Å².